The molecule has 9 heteroatoms. The standard InChI is InChI=1S/C22H29N3O5S/c1-17-6-4-7-18(16-17)24-11-13-25(14-12-24)31(27,28)15-10-23-22(26)21-19(29-2)8-5-9-20(21)30-3/h4-9,16H,10-15H2,1-3H3,(H,23,26). The summed E-state index contributed by atoms with van der Waals surface area (Å²) in [5, 5.41) is 2.67. The molecule has 1 aliphatic rings. The van der Waals surface area contributed by atoms with E-state index in [1.807, 2.05) is 25.1 Å². The predicted molar refractivity (Wildman–Crippen MR) is 121 cm³/mol. The minimum absolute atomic E-state index is 0.000460. The number of nitrogens with one attached hydrogen (secondary N) is 1. The number of piperazine rings is 1. The van der Waals surface area contributed by atoms with Crippen LogP contribution in [0.5, 0.6) is 11.5 Å². The third-order valence-corrected chi connectivity index (χ3v) is 7.17. The molecule has 8 nitrogen and oxygen atoms in total. The zero-order valence-electron chi connectivity index (χ0n) is 18.1. The molecule has 0 radical (unpaired) electrons. The second-order valence-corrected chi connectivity index (χ2v) is 9.42. The molecule has 1 fully saturated rings. The van der Waals surface area contributed by atoms with E-state index < -0.39 is 15.9 Å². The van der Waals surface area contributed by atoms with Gasteiger partial charge >= 0.3 is 0 Å². The van der Waals surface area contributed by atoms with Crippen LogP contribution in [0.1, 0.15) is 15.9 Å². The maximum absolute atomic E-state index is 12.8. The number of aryl methyl sites for hydroxylation is 1. The maximum atomic E-state index is 12.8. The third kappa shape index (κ3) is 5.48. The number of benzene rings is 2. The van der Waals surface area contributed by atoms with Crippen LogP contribution in [0.3, 0.4) is 0 Å². The summed E-state index contributed by atoms with van der Waals surface area (Å²) in [6.45, 7) is 4.15. The van der Waals surface area contributed by atoms with Gasteiger partial charge in [-0.2, -0.15) is 4.31 Å². The number of carbonyl (C=O) groups excluding carboxylic acids is 1. The maximum Gasteiger partial charge on any atom is 0.258 e. The summed E-state index contributed by atoms with van der Waals surface area (Å²) in [4.78, 5) is 14.8. The summed E-state index contributed by atoms with van der Waals surface area (Å²) in [6.07, 6.45) is 0. The Hall–Kier alpha value is -2.78. The Balaban J connectivity index is 1.55. The van der Waals surface area contributed by atoms with Crippen LogP contribution in [0, 0.1) is 6.92 Å². The van der Waals surface area contributed by atoms with Crippen LogP contribution < -0.4 is 19.7 Å². The van der Waals surface area contributed by atoms with Gasteiger partial charge in [0.05, 0.1) is 20.0 Å². The topological polar surface area (TPSA) is 88.2 Å². The Kier molecular flexibility index (Phi) is 7.40. The lowest BCUT2D eigenvalue weighted by Gasteiger charge is -2.35. The van der Waals surface area contributed by atoms with Gasteiger partial charge in [-0.15, -0.1) is 0 Å². The minimum Gasteiger partial charge on any atom is -0.496 e. The van der Waals surface area contributed by atoms with Crippen molar-refractivity contribution in [2.75, 3.05) is 57.6 Å². The Labute approximate surface area is 183 Å². The fourth-order valence-electron chi connectivity index (χ4n) is 3.64. The zero-order chi connectivity index (χ0) is 22.4. The highest BCUT2D eigenvalue weighted by Gasteiger charge is 2.27. The number of methoxy groups -OCH3 is 2. The van der Waals surface area contributed by atoms with Gasteiger partial charge in [0.15, 0.2) is 0 Å². The van der Waals surface area contributed by atoms with Crippen molar-refractivity contribution in [3.8, 4) is 11.5 Å². The normalized spacial score (nSPS) is 14.9. The lowest BCUT2D eigenvalue weighted by Crippen LogP contribution is -2.50. The average Bonchev–Trinajstić information content (AvgIpc) is 2.78. The number of rotatable bonds is 8. The van der Waals surface area contributed by atoms with Gasteiger partial charge in [-0.1, -0.05) is 18.2 Å². The minimum atomic E-state index is -3.48. The number of nitrogens with zero attached hydrogens (tertiary/aromatic N) is 2. The molecule has 1 N–H and O–H groups in total. The number of hydrogen-bond acceptors (Lipinski definition) is 6. The van der Waals surface area contributed by atoms with E-state index in [2.05, 4.69) is 16.3 Å². The highest BCUT2D eigenvalue weighted by Crippen LogP contribution is 2.28. The molecule has 0 spiro atoms. The van der Waals surface area contributed by atoms with Gasteiger partial charge in [0.25, 0.3) is 5.91 Å². The van der Waals surface area contributed by atoms with E-state index in [-0.39, 0.29) is 17.9 Å². The monoisotopic (exact) mass is 447 g/mol. The van der Waals surface area contributed by atoms with Crippen LogP contribution in [0.2, 0.25) is 0 Å². The van der Waals surface area contributed by atoms with E-state index in [9.17, 15) is 13.2 Å². The van der Waals surface area contributed by atoms with Crippen LogP contribution in [0.15, 0.2) is 42.5 Å². The molecule has 0 atom stereocenters. The largest absolute Gasteiger partial charge is 0.496 e. The number of ether oxygens (including phenoxy) is 2. The van der Waals surface area contributed by atoms with Crippen molar-refractivity contribution in [3.05, 3.63) is 53.6 Å². The van der Waals surface area contributed by atoms with E-state index in [1.165, 1.54) is 24.1 Å². The van der Waals surface area contributed by atoms with Crippen molar-refractivity contribution < 1.29 is 22.7 Å². The first-order chi connectivity index (χ1) is 14.9. The van der Waals surface area contributed by atoms with Gasteiger partial charge in [-0.25, -0.2) is 8.42 Å². The van der Waals surface area contributed by atoms with Gasteiger partial charge in [0.1, 0.15) is 17.1 Å². The molecule has 0 aromatic heterocycles. The van der Waals surface area contributed by atoms with E-state index >= 15 is 0 Å². The first kappa shape index (κ1) is 22.9. The van der Waals surface area contributed by atoms with Crippen molar-refractivity contribution >= 4 is 21.6 Å². The fraction of sp³-hybridized carbons (Fsp3) is 0.409. The Bertz CT molecular complexity index is 995. The lowest BCUT2D eigenvalue weighted by molar-refractivity contribution is 0.0950. The lowest BCUT2D eigenvalue weighted by atomic mass is 10.1. The van der Waals surface area contributed by atoms with Crippen molar-refractivity contribution in [3.63, 3.8) is 0 Å². The molecule has 1 amide bonds. The highest BCUT2D eigenvalue weighted by atomic mass is 32.2. The summed E-state index contributed by atoms with van der Waals surface area (Å²) < 4.78 is 37.5. The van der Waals surface area contributed by atoms with Crippen LogP contribution in [0.25, 0.3) is 0 Å². The van der Waals surface area contributed by atoms with Crippen molar-refractivity contribution in [2.24, 2.45) is 0 Å². The molecule has 1 saturated heterocycles. The molecule has 2 aromatic rings. The third-order valence-electron chi connectivity index (χ3n) is 5.30. The van der Waals surface area contributed by atoms with Crippen molar-refractivity contribution in [1.82, 2.24) is 9.62 Å². The molecule has 0 bridgehead atoms. The van der Waals surface area contributed by atoms with Crippen LogP contribution >= 0.6 is 0 Å². The number of anilines is 1. The fourth-order valence-corrected chi connectivity index (χ4v) is 4.97. The summed E-state index contributed by atoms with van der Waals surface area (Å²) in [6, 6.07) is 13.2. The number of sulfonamides is 1. The van der Waals surface area contributed by atoms with Crippen LogP contribution in [-0.4, -0.2) is 71.3 Å². The molecule has 0 saturated carbocycles. The molecular weight excluding hydrogens is 418 g/mol. The van der Waals surface area contributed by atoms with E-state index in [0.29, 0.717) is 37.7 Å². The van der Waals surface area contributed by atoms with Crippen LogP contribution in [-0.2, 0) is 10.0 Å². The Morgan fingerprint density at radius 3 is 2.19 bits per heavy atom. The average molecular weight is 448 g/mol. The molecule has 1 aliphatic heterocycles. The Morgan fingerprint density at radius 1 is 1.00 bits per heavy atom. The first-order valence-electron chi connectivity index (χ1n) is 10.1. The van der Waals surface area contributed by atoms with Gasteiger partial charge < -0.3 is 19.7 Å². The molecule has 1 heterocycles. The molecule has 2 aromatic carbocycles. The number of carbonyl (C=O) groups is 1. The SMILES string of the molecule is COc1cccc(OC)c1C(=O)NCCS(=O)(=O)N1CCN(c2cccc(C)c2)CC1. The van der Waals surface area contributed by atoms with Crippen molar-refractivity contribution in [1.29, 1.82) is 0 Å². The summed E-state index contributed by atoms with van der Waals surface area (Å²) in [5.74, 6) is 0.133. The second kappa shape index (κ2) is 10.0. The van der Waals surface area contributed by atoms with Crippen molar-refractivity contribution in [2.45, 2.75) is 6.92 Å². The second-order valence-electron chi connectivity index (χ2n) is 7.33. The number of hydrogen-bond donors (Lipinski definition) is 1. The van der Waals surface area contributed by atoms with E-state index in [0.717, 1.165) is 5.69 Å². The van der Waals surface area contributed by atoms with E-state index in [4.69, 9.17) is 9.47 Å². The number of amides is 1. The summed E-state index contributed by atoms with van der Waals surface area (Å²) >= 11 is 0. The highest BCUT2D eigenvalue weighted by molar-refractivity contribution is 7.89. The molecular formula is C22H29N3O5S. The van der Waals surface area contributed by atoms with Crippen LogP contribution in [0.4, 0.5) is 5.69 Å². The van der Waals surface area contributed by atoms with E-state index in [1.54, 1.807) is 18.2 Å². The molecule has 3 rings (SSSR count). The zero-order valence-corrected chi connectivity index (χ0v) is 18.9. The first-order valence-corrected chi connectivity index (χ1v) is 11.8. The molecule has 0 aliphatic carbocycles. The Morgan fingerprint density at radius 2 is 1.61 bits per heavy atom. The predicted octanol–water partition coefficient (Wildman–Crippen LogP) is 1.89. The molecule has 168 valence electrons. The van der Waals surface area contributed by atoms with Gasteiger partial charge in [0.2, 0.25) is 10.0 Å². The summed E-state index contributed by atoms with van der Waals surface area (Å²) in [7, 11) is -0.548. The summed E-state index contributed by atoms with van der Waals surface area (Å²) in [5.41, 5.74) is 2.53. The van der Waals surface area contributed by atoms with Gasteiger partial charge in [-0.3, -0.25) is 4.79 Å². The quantitative estimate of drug-likeness (QED) is 0.665. The van der Waals surface area contributed by atoms with Gasteiger partial charge in [-0.05, 0) is 36.8 Å². The molecule has 0 unspecified atom stereocenters. The smallest absolute Gasteiger partial charge is 0.258 e. The molecule has 31 heavy (non-hydrogen) atoms. The van der Waals surface area contributed by atoms with Gasteiger partial charge in [0, 0.05) is 38.4 Å².